The quantitative estimate of drug-likeness (QED) is 0.807. The molecule has 5 nitrogen and oxygen atoms in total. The average molecular weight is 208 g/mol. The van der Waals surface area contributed by atoms with E-state index in [1.54, 1.807) is 0 Å². The Morgan fingerprint density at radius 2 is 2.33 bits per heavy atom. The fourth-order valence-electron chi connectivity index (χ4n) is 1.60. The molecule has 1 aliphatic heterocycles. The van der Waals surface area contributed by atoms with Crippen molar-refractivity contribution in [2.24, 2.45) is 4.99 Å². The number of hydrogen-bond acceptors (Lipinski definition) is 5. The van der Waals surface area contributed by atoms with Gasteiger partial charge in [-0.15, -0.1) is 0 Å². The van der Waals surface area contributed by atoms with E-state index in [4.69, 9.17) is 4.52 Å². The molecule has 0 aliphatic carbocycles. The molecule has 2 heterocycles. The van der Waals surface area contributed by atoms with Crippen molar-refractivity contribution in [1.29, 1.82) is 0 Å². The number of nitrogens with zero attached hydrogens (tertiary/aromatic N) is 3. The van der Waals surface area contributed by atoms with Gasteiger partial charge < -0.3 is 9.84 Å². The maximum atomic E-state index is 5.01. The van der Waals surface area contributed by atoms with Gasteiger partial charge >= 0.3 is 0 Å². The molecule has 0 unspecified atom stereocenters. The molecule has 0 saturated heterocycles. The van der Waals surface area contributed by atoms with Crippen molar-refractivity contribution in [3.05, 3.63) is 11.7 Å². The highest BCUT2D eigenvalue weighted by molar-refractivity contribution is 5.82. The summed E-state index contributed by atoms with van der Waals surface area (Å²) in [6, 6.07) is 0. The Morgan fingerprint density at radius 3 is 3.00 bits per heavy atom. The summed E-state index contributed by atoms with van der Waals surface area (Å²) in [5.41, 5.74) is 0. The molecule has 0 fully saturated rings. The summed E-state index contributed by atoms with van der Waals surface area (Å²) >= 11 is 0. The smallest absolute Gasteiger partial charge is 0.228 e. The summed E-state index contributed by atoms with van der Waals surface area (Å²) in [7, 11) is 0. The van der Waals surface area contributed by atoms with Gasteiger partial charge in [0.2, 0.25) is 5.89 Å². The summed E-state index contributed by atoms with van der Waals surface area (Å²) in [6.07, 6.45) is 4.29. The number of aryl methyl sites for hydroxylation is 1. The molecule has 0 aromatic carbocycles. The van der Waals surface area contributed by atoms with Crippen LogP contribution in [0.5, 0.6) is 0 Å². The molecule has 1 aromatic heterocycles. The van der Waals surface area contributed by atoms with E-state index in [0.29, 0.717) is 11.7 Å². The van der Waals surface area contributed by atoms with E-state index in [-0.39, 0.29) is 0 Å². The van der Waals surface area contributed by atoms with Crippen LogP contribution in [0.1, 0.15) is 31.0 Å². The Hall–Kier alpha value is -1.39. The van der Waals surface area contributed by atoms with Crippen molar-refractivity contribution in [2.45, 2.75) is 32.6 Å². The second-order valence-electron chi connectivity index (χ2n) is 3.70. The van der Waals surface area contributed by atoms with E-state index >= 15 is 0 Å². The minimum absolute atomic E-state index is 0.691. The number of hydrogen-bond donors (Lipinski definition) is 1. The van der Waals surface area contributed by atoms with Gasteiger partial charge in [-0.05, 0) is 19.8 Å². The molecular weight excluding hydrogens is 192 g/mol. The Balaban J connectivity index is 1.72. The maximum Gasteiger partial charge on any atom is 0.228 e. The monoisotopic (exact) mass is 208 g/mol. The molecule has 0 atom stereocenters. The van der Waals surface area contributed by atoms with E-state index in [1.807, 2.05) is 6.92 Å². The molecule has 0 bridgehead atoms. The van der Waals surface area contributed by atoms with Crippen molar-refractivity contribution in [2.75, 3.05) is 13.1 Å². The lowest BCUT2D eigenvalue weighted by Gasteiger charge is -2.12. The highest BCUT2D eigenvalue weighted by atomic mass is 16.5. The van der Waals surface area contributed by atoms with Crippen LogP contribution in [-0.2, 0) is 6.42 Å². The van der Waals surface area contributed by atoms with E-state index in [1.165, 1.54) is 12.8 Å². The van der Waals surface area contributed by atoms with Gasteiger partial charge in [0.05, 0.1) is 5.84 Å². The zero-order valence-electron chi connectivity index (χ0n) is 8.99. The normalized spacial score (nSPS) is 16.2. The number of nitrogens with one attached hydrogen (secondary N) is 1. The number of aromatic nitrogens is 2. The molecule has 0 amide bonds. The fraction of sp³-hybridized carbons (Fsp3) is 0.700. The first kappa shape index (κ1) is 10.1. The van der Waals surface area contributed by atoms with Gasteiger partial charge in [-0.1, -0.05) is 5.16 Å². The Morgan fingerprint density at radius 1 is 1.40 bits per heavy atom. The molecule has 1 aliphatic rings. The molecule has 0 spiro atoms. The molecule has 1 aromatic rings. The highest BCUT2D eigenvalue weighted by Crippen LogP contribution is 2.04. The van der Waals surface area contributed by atoms with Crippen LogP contribution >= 0.6 is 0 Å². The second-order valence-corrected chi connectivity index (χ2v) is 3.70. The summed E-state index contributed by atoms with van der Waals surface area (Å²) in [5, 5.41) is 7.04. The molecule has 82 valence electrons. The Kier molecular flexibility index (Phi) is 3.32. The lowest BCUT2D eigenvalue weighted by Crippen LogP contribution is -2.27. The van der Waals surface area contributed by atoms with Gasteiger partial charge in [-0.2, -0.15) is 4.98 Å². The summed E-state index contributed by atoms with van der Waals surface area (Å²) in [6.45, 7) is 3.61. The molecule has 1 N–H and O–H groups in total. The predicted octanol–water partition coefficient (Wildman–Crippen LogP) is 1.09. The van der Waals surface area contributed by atoms with Crippen molar-refractivity contribution in [3.8, 4) is 0 Å². The zero-order valence-corrected chi connectivity index (χ0v) is 8.99. The molecule has 5 heteroatoms. The molecule has 15 heavy (non-hydrogen) atoms. The Bertz CT molecular complexity index is 345. The average Bonchev–Trinajstić information content (AvgIpc) is 2.66. The van der Waals surface area contributed by atoms with Gasteiger partial charge in [0, 0.05) is 25.9 Å². The van der Waals surface area contributed by atoms with Crippen LogP contribution in [0.3, 0.4) is 0 Å². The van der Waals surface area contributed by atoms with E-state index in [0.717, 1.165) is 31.8 Å². The lowest BCUT2D eigenvalue weighted by atomic mass is 10.2. The first-order chi connectivity index (χ1) is 7.34. The van der Waals surface area contributed by atoms with Crippen LogP contribution in [0.25, 0.3) is 0 Å². The summed E-state index contributed by atoms with van der Waals surface area (Å²) in [4.78, 5) is 8.54. The van der Waals surface area contributed by atoms with Crippen LogP contribution in [-0.4, -0.2) is 29.1 Å². The van der Waals surface area contributed by atoms with Gasteiger partial charge in [0.15, 0.2) is 5.82 Å². The summed E-state index contributed by atoms with van der Waals surface area (Å²) < 4.78 is 5.01. The third-order valence-electron chi connectivity index (χ3n) is 2.36. The first-order valence-electron chi connectivity index (χ1n) is 5.41. The number of aliphatic imine (C=N–C) groups is 1. The van der Waals surface area contributed by atoms with Crippen LogP contribution in [0, 0.1) is 6.92 Å². The minimum Gasteiger partial charge on any atom is -0.373 e. The predicted molar refractivity (Wildman–Crippen MR) is 56.9 cm³/mol. The van der Waals surface area contributed by atoms with Gasteiger partial charge in [0.25, 0.3) is 0 Å². The first-order valence-corrected chi connectivity index (χ1v) is 5.41. The van der Waals surface area contributed by atoms with Gasteiger partial charge in [-0.25, -0.2) is 0 Å². The highest BCUT2D eigenvalue weighted by Gasteiger charge is 2.05. The molecular formula is C10H16N4O. The van der Waals surface area contributed by atoms with Gasteiger partial charge in [0.1, 0.15) is 0 Å². The lowest BCUT2D eigenvalue weighted by molar-refractivity contribution is 0.374. The third kappa shape index (κ3) is 3.04. The van der Waals surface area contributed by atoms with Crippen LogP contribution in [0.4, 0.5) is 0 Å². The number of amidine groups is 1. The van der Waals surface area contributed by atoms with E-state index in [2.05, 4.69) is 20.4 Å². The van der Waals surface area contributed by atoms with Crippen molar-refractivity contribution >= 4 is 5.84 Å². The van der Waals surface area contributed by atoms with Crippen molar-refractivity contribution in [3.63, 3.8) is 0 Å². The second kappa shape index (κ2) is 4.91. The molecule has 0 saturated carbocycles. The van der Waals surface area contributed by atoms with Gasteiger partial charge in [-0.3, -0.25) is 4.99 Å². The number of rotatable bonds is 3. The van der Waals surface area contributed by atoms with Crippen molar-refractivity contribution in [1.82, 2.24) is 15.5 Å². The van der Waals surface area contributed by atoms with Crippen LogP contribution in [0.15, 0.2) is 9.52 Å². The van der Waals surface area contributed by atoms with Crippen molar-refractivity contribution < 1.29 is 4.52 Å². The largest absolute Gasteiger partial charge is 0.373 e. The third-order valence-corrected chi connectivity index (χ3v) is 2.36. The molecule has 0 radical (unpaired) electrons. The minimum atomic E-state index is 0.691. The maximum absolute atomic E-state index is 5.01. The fourth-order valence-corrected chi connectivity index (χ4v) is 1.60. The van der Waals surface area contributed by atoms with E-state index in [9.17, 15) is 0 Å². The van der Waals surface area contributed by atoms with E-state index < -0.39 is 0 Å². The zero-order chi connectivity index (χ0) is 10.5. The molecule has 2 rings (SSSR count). The topological polar surface area (TPSA) is 63.3 Å². The standard InChI is InChI=1S/C10H16N4O/c1-8-13-10(15-14-8)5-7-12-9-4-2-3-6-11-9/h2-7H2,1H3,(H,11,12). The SMILES string of the molecule is Cc1noc(CCNC2=NCCCC2)n1. The summed E-state index contributed by atoms with van der Waals surface area (Å²) in [5.74, 6) is 2.51. The van der Waals surface area contributed by atoms with Crippen LogP contribution < -0.4 is 5.32 Å². The Labute approximate surface area is 89.0 Å². The van der Waals surface area contributed by atoms with Crippen LogP contribution in [0.2, 0.25) is 0 Å².